The number of hydrogen-bond acceptors (Lipinski definition) is 12. The zero-order valence-electron chi connectivity index (χ0n) is 38.6. The van der Waals surface area contributed by atoms with Gasteiger partial charge >= 0.3 is 18.2 Å². The summed E-state index contributed by atoms with van der Waals surface area (Å²) < 4.78 is 34.4. The molecule has 0 spiro atoms. The number of hydrogen-bond donors (Lipinski definition) is 1. The van der Waals surface area contributed by atoms with Crippen molar-refractivity contribution in [3.05, 3.63) is 119 Å². The standard InChI is InChI=1S/C50H65NO12/c1-12-40(62-48(57)59-30-37-24-18-14-19-25-37)50(10,11)45(54)41(43(53)42(52)38-26-20-15-21-27-38)34(5)33(4)35(6)61-46(55)44(60-31-58-29-36-22-16-13-17-23-36)39(28-32(2)3)51-47(56)63-49(7,8)9/h13-27,32,35,39-41,44H,12,28-31H2,1-11H3,(H,51,56)/b34-33+/t35?,39-,40-,41-,44?/m0/s1. The van der Waals surface area contributed by atoms with Gasteiger partial charge in [-0.15, -0.1) is 0 Å². The van der Waals surface area contributed by atoms with E-state index in [0.717, 1.165) is 11.1 Å². The molecule has 0 fully saturated rings. The second kappa shape index (κ2) is 24.3. The number of benzene rings is 3. The molecular formula is C50H65NO12. The van der Waals surface area contributed by atoms with E-state index in [-0.39, 0.29) is 43.5 Å². The van der Waals surface area contributed by atoms with E-state index in [0.29, 0.717) is 12.0 Å². The van der Waals surface area contributed by atoms with Gasteiger partial charge in [0, 0.05) is 5.56 Å². The molecule has 0 aromatic heterocycles. The number of nitrogens with one attached hydrogen (secondary N) is 1. The maximum Gasteiger partial charge on any atom is 0.508 e. The maximum absolute atomic E-state index is 14.8. The van der Waals surface area contributed by atoms with Crippen LogP contribution in [0.1, 0.15) is 110 Å². The van der Waals surface area contributed by atoms with Crippen LogP contribution in [-0.2, 0) is 56.0 Å². The molecular weight excluding hydrogens is 807 g/mol. The Kier molecular flexibility index (Phi) is 19.9. The summed E-state index contributed by atoms with van der Waals surface area (Å²) >= 11 is 0. The predicted octanol–water partition coefficient (Wildman–Crippen LogP) is 9.55. The first-order valence-corrected chi connectivity index (χ1v) is 21.3. The molecule has 3 aromatic rings. The number of amides is 1. The quantitative estimate of drug-likeness (QED) is 0.0140. The molecule has 0 heterocycles. The normalized spacial score (nSPS) is 14.5. The fraction of sp³-hybridized carbons (Fsp3) is 0.480. The van der Waals surface area contributed by atoms with E-state index in [1.54, 1.807) is 97.9 Å². The summed E-state index contributed by atoms with van der Waals surface area (Å²) in [7, 11) is 0. The molecule has 5 atom stereocenters. The fourth-order valence-corrected chi connectivity index (χ4v) is 6.82. The number of ketones is 3. The van der Waals surface area contributed by atoms with E-state index in [2.05, 4.69) is 5.32 Å². The van der Waals surface area contributed by atoms with Crippen LogP contribution in [0.15, 0.2) is 102 Å². The van der Waals surface area contributed by atoms with Gasteiger partial charge in [-0.2, -0.15) is 0 Å². The molecule has 3 aromatic carbocycles. The average Bonchev–Trinajstić information content (AvgIpc) is 3.23. The van der Waals surface area contributed by atoms with Crippen molar-refractivity contribution < 1.29 is 57.2 Å². The molecule has 13 heteroatoms. The van der Waals surface area contributed by atoms with Crippen LogP contribution < -0.4 is 5.32 Å². The summed E-state index contributed by atoms with van der Waals surface area (Å²) in [6, 6.07) is 25.3. The highest BCUT2D eigenvalue weighted by Crippen LogP contribution is 2.35. The molecule has 0 radical (unpaired) electrons. The maximum atomic E-state index is 14.8. The highest BCUT2D eigenvalue weighted by Gasteiger charge is 2.47. The minimum absolute atomic E-state index is 0.0136. The topological polar surface area (TPSA) is 170 Å². The molecule has 1 amide bonds. The van der Waals surface area contributed by atoms with Crippen molar-refractivity contribution in [1.82, 2.24) is 5.32 Å². The van der Waals surface area contributed by atoms with E-state index in [1.807, 2.05) is 50.2 Å². The Bertz CT molecular complexity index is 2000. The van der Waals surface area contributed by atoms with E-state index in [1.165, 1.54) is 19.1 Å². The lowest BCUT2D eigenvalue weighted by Crippen LogP contribution is -2.51. The molecule has 63 heavy (non-hydrogen) atoms. The van der Waals surface area contributed by atoms with Gasteiger partial charge in [0.1, 0.15) is 37.1 Å². The molecule has 3 rings (SSSR count). The Morgan fingerprint density at radius 3 is 1.76 bits per heavy atom. The summed E-state index contributed by atoms with van der Waals surface area (Å²) in [4.78, 5) is 83.2. The van der Waals surface area contributed by atoms with Gasteiger partial charge in [-0.05, 0) is 90.8 Å². The largest absolute Gasteiger partial charge is 0.508 e. The molecule has 0 saturated heterocycles. The minimum Gasteiger partial charge on any atom is -0.456 e. The number of esters is 1. The number of carbonyl (C=O) groups is 6. The Labute approximate surface area is 372 Å². The van der Waals surface area contributed by atoms with Gasteiger partial charge < -0.3 is 33.7 Å². The van der Waals surface area contributed by atoms with Gasteiger partial charge in [-0.1, -0.05) is 117 Å². The Morgan fingerprint density at radius 1 is 0.698 bits per heavy atom. The number of ether oxygens (including phenoxy) is 6. The van der Waals surface area contributed by atoms with E-state index >= 15 is 0 Å². The van der Waals surface area contributed by atoms with Crippen LogP contribution in [0.2, 0.25) is 0 Å². The third-order valence-electron chi connectivity index (χ3n) is 10.5. The molecule has 0 aliphatic heterocycles. The SMILES string of the molecule is CC[C@H](OC(=O)OCc1ccccc1)C(C)(C)C(=O)[C@H](C(=O)C(=O)c1ccccc1)/C(C)=C(\C)C(C)OC(=O)C(OCOCc1ccccc1)[C@H](CC(C)C)NC(=O)OC(C)(C)C. The molecule has 13 nitrogen and oxygen atoms in total. The van der Waals surface area contributed by atoms with Gasteiger partial charge in [-0.3, -0.25) is 14.4 Å². The number of alkyl carbamates (subject to hydrolysis) is 1. The van der Waals surface area contributed by atoms with Gasteiger partial charge in [0.15, 0.2) is 11.9 Å². The second-order valence-corrected chi connectivity index (χ2v) is 17.5. The fourth-order valence-electron chi connectivity index (χ4n) is 6.82. The molecule has 0 aliphatic carbocycles. The van der Waals surface area contributed by atoms with Crippen molar-refractivity contribution in [2.75, 3.05) is 6.79 Å². The number of allylic oxidation sites excluding steroid dienone is 1. The van der Waals surface area contributed by atoms with Gasteiger partial charge in [0.2, 0.25) is 11.6 Å². The van der Waals surface area contributed by atoms with Crippen molar-refractivity contribution in [1.29, 1.82) is 0 Å². The lowest BCUT2D eigenvalue weighted by Gasteiger charge is -2.35. The van der Waals surface area contributed by atoms with Crippen LogP contribution in [0.4, 0.5) is 9.59 Å². The zero-order chi connectivity index (χ0) is 46.9. The van der Waals surface area contributed by atoms with E-state index < -0.39 is 76.9 Å². The predicted molar refractivity (Wildman–Crippen MR) is 237 cm³/mol. The Morgan fingerprint density at radius 2 is 1.24 bits per heavy atom. The summed E-state index contributed by atoms with van der Waals surface area (Å²) in [5.74, 6) is -5.13. The molecule has 0 aliphatic rings. The van der Waals surface area contributed by atoms with Gasteiger partial charge in [0.05, 0.1) is 18.1 Å². The third kappa shape index (κ3) is 16.2. The Balaban J connectivity index is 1.98. The van der Waals surface area contributed by atoms with Crippen molar-refractivity contribution in [2.24, 2.45) is 17.3 Å². The first-order chi connectivity index (χ1) is 29.7. The highest BCUT2D eigenvalue weighted by atomic mass is 16.7. The molecule has 0 bridgehead atoms. The first-order valence-electron chi connectivity index (χ1n) is 21.3. The molecule has 2 unspecified atom stereocenters. The molecule has 342 valence electrons. The minimum atomic E-state index is -1.66. The smallest absolute Gasteiger partial charge is 0.456 e. The van der Waals surface area contributed by atoms with Gasteiger partial charge in [0.25, 0.3) is 0 Å². The van der Waals surface area contributed by atoms with Crippen LogP contribution in [0.3, 0.4) is 0 Å². The van der Waals surface area contributed by atoms with Gasteiger partial charge in [-0.25, -0.2) is 14.4 Å². The summed E-state index contributed by atoms with van der Waals surface area (Å²) in [6.45, 7) is 18.3. The van der Waals surface area contributed by atoms with Crippen molar-refractivity contribution in [3.8, 4) is 0 Å². The van der Waals surface area contributed by atoms with Crippen LogP contribution in [0.25, 0.3) is 0 Å². The summed E-state index contributed by atoms with van der Waals surface area (Å²) in [5, 5.41) is 2.78. The van der Waals surface area contributed by atoms with Crippen molar-refractivity contribution >= 4 is 35.6 Å². The molecule has 0 saturated carbocycles. The summed E-state index contributed by atoms with van der Waals surface area (Å²) in [6.07, 6.45) is -4.80. The average molecular weight is 872 g/mol. The van der Waals surface area contributed by atoms with Crippen LogP contribution >= 0.6 is 0 Å². The third-order valence-corrected chi connectivity index (χ3v) is 10.5. The lowest BCUT2D eigenvalue weighted by molar-refractivity contribution is -0.174. The first kappa shape index (κ1) is 51.7. The number of carbonyl (C=O) groups excluding carboxylic acids is 6. The number of rotatable bonds is 23. The van der Waals surface area contributed by atoms with Crippen LogP contribution in [0, 0.1) is 17.3 Å². The highest BCUT2D eigenvalue weighted by molar-refractivity contribution is 6.47. The molecule has 1 N–H and O–H groups in total. The zero-order valence-corrected chi connectivity index (χ0v) is 38.6. The lowest BCUT2D eigenvalue weighted by atomic mass is 9.71. The second-order valence-electron chi connectivity index (χ2n) is 17.5. The van der Waals surface area contributed by atoms with Crippen LogP contribution in [-0.4, -0.2) is 72.3 Å². The van der Waals surface area contributed by atoms with Crippen molar-refractivity contribution in [3.63, 3.8) is 0 Å². The van der Waals surface area contributed by atoms with E-state index in [9.17, 15) is 28.8 Å². The van der Waals surface area contributed by atoms with E-state index in [4.69, 9.17) is 28.4 Å². The van der Waals surface area contributed by atoms with Crippen LogP contribution in [0.5, 0.6) is 0 Å². The monoisotopic (exact) mass is 871 g/mol. The summed E-state index contributed by atoms with van der Waals surface area (Å²) in [5.41, 5.74) is -0.177. The number of Topliss-reactive ketones (excluding diaryl/α,β-unsaturated/α-hetero) is 3. The van der Waals surface area contributed by atoms with Crippen molar-refractivity contribution in [2.45, 2.75) is 132 Å². The Hall–Kier alpha value is -5.66.